The molecular formula is C16H12Cl3N3O5. The van der Waals surface area contributed by atoms with Crippen LogP contribution in [0, 0.1) is 10.1 Å². The summed E-state index contributed by atoms with van der Waals surface area (Å²) >= 11 is 17.6. The lowest BCUT2D eigenvalue weighted by Crippen LogP contribution is -2.47. The van der Waals surface area contributed by atoms with Crippen LogP contribution >= 0.6 is 34.8 Å². The predicted octanol–water partition coefficient (Wildman–Crippen LogP) is 3.78. The number of ether oxygens (including phenoxy) is 1. The normalized spacial score (nSPS) is 11.4. The Morgan fingerprint density at radius 2 is 1.78 bits per heavy atom. The first kappa shape index (κ1) is 20.8. The highest BCUT2D eigenvalue weighted by Gasteiger charge is 2.19. The molecule has 0 saturated heterocycles. The monoisotopic (exact) mass is 431 g/mol. The summed E-state index contributed by atoms with van der Waals surface area (Å²) in [6, 6.07) is 7.84. The van der Waals surface area contributed by atoms with Crippen molar-refractivity contribution in [1.82, 2.24) is 10.9 Å². The molecule has 0 aliphatic heterocycles. The largest absolute Gasteiger partial charge is 0.479 e. The first-order valence-electron chi connectivity index (χ1n) is 7.35. The lowest BCUT2D eigenvalue weighted by Gasteiger charge is -2.16. The van der Waals surface area contributed by atoms with E-state index in [0.717, 1.165) is 12.1 Å². The second kappa shape index (κ2) is 8.90. The van der Waals surface area contributed by atoms with Crippen molar-refractivity contribution >= 4 is 52.3 Å². The number of non-ortho nitro benzene ring substituents is 1. The fraction of sp³-hybridized carbons (Fsp3) is 0.125. The van der Waals surface area contributed by atoms with E-state index >= 15 is 0 Å². The van der Waals surface area contributed by atoms with E-state index in [2.05, 4.69) is 10.9 Å². The van der Waals surface area contributed by atoms with Crippen LogP contribution in [-0.2, 0) is 4.79 Å². The molecule has 2 aromatic rings. The Bertz CT molecular complexity index is 907. The van der Waals surface area contributed by atoms with Crippen molar-refractivity contribution in [2.24, 2.45) is 0 Å². The van der Waals surface area contributed by atoms with Gasteiger partial charge in [0.1, 0.15) is 5.75 Å². The van der Waals surface area contributed by atoms with Gasteiger partial charge in [-0.2, -0.15) is 0 Å². The summed E-state index contributed by atoms with van der Waals surface area (Å²) < 4.78 is 5.41. The summed E-state index contributed by atoms with van der Waals surface area (Å²) in [5, 5.41) is 11.2. The predicted molar refractivity (Wildman–Crippen MR) is 100 cm³/mol. The number of amides is 2. The van der Waals surface area contributed by atoms with Gasteiger partial charge in [-0.15, -0.1) is 0 Å². The Kier molecular flexibility index (Phi) is 6.84. The number of nitrogens with zero attached hydrogens (tertiary/aromatic N) is 1. The SMILES string of the molecule is CC(Oc1ccc(Cl)cc1Cl)C(=O)NNC(=O)c1ccc([N+](=O)[O-])cc1Cl. The van der Waals surface area contributed by atoms with E-state index in [4.69, 9.17) is 39.5 Å². The summed E-state index contributed by atoms with van der Waals surface area (Å²) in [7, 11) is 0. The van der Waals surface area contributed by atoms with Crippen LogP contribution in [-0.4, -0.2) is 22.8 Å². The molecule has 0 spiro atoms. The summed E-state index contributed by atoms with van der Waals surface area (Å²) in [6.45, 7) is 1.45. The van der Waals surface area contributed by atoms with Gasteiger partial charge in [0.2, 0.25) is 0 Å². The Morgan fingerprint density at radius 3 is 2.37 bits per heavy atom. The van der Waals surface area contributed by atoms with Gasteiger partial charge in [-0.05, 0) is 31.2 Å². The molecule has 2 N–H and O–H groups in total. The Morgan fingerprint density at radius 1 is 1.07 bits per heavy atom. The third kappa shape index (κ3) is 5.46. The van der Waals surface area contributed by atoms with Gasteiger partial charge < -0.3 is 4.74 Å². The number of rotatable bonds is 5. The number of nitrogens with one attached hydrogen (secondary N) is 2. The molecule has 1 unspecified atom stereocenters. The molecule has 8 nitrogen and oxygen atoms in total. The van der Waals surface area contributed by atoms with Crippen LogP contribution in [0.5, 0.6) is 5.75 Å². The van der Waals surface area contributed by atoms with E-state index in [1.165, 1.54) is 25.1 Å². The lowest BCUT2D eigenvalue weighted by molar-refractivity contribution is -0.384. The van der Waals surface area contributed by atoms with Crippen LogP contribution in [0.2, 0.25) is 15.1 Å². The maximum Gasteiger partial charge on any atom is 0.279 e. The summed E-state index contributed by atoms with van der Waals surface area (Å²) in [5.74, 6) is -1.17. The minimum Gasteiger partial charge on any atom is -0.479 e. The van der Waals surface area contributed by atoms with Crippen molar-refractivity contribution in [1.29, 1.82) is 0 Å². The van der Waals surface area contributed by atoms with E-state index in [9.17, 15) is 19.7 Å². The standard InChI is InChI=1S/C16H12Cl3N3O5/c1-8(27-14-5-2-9(17)6-13(14)19)15(23)20-21-16(24)11-4-3-10(22(25)26)7-12(11)18/h2-8H,1H3,(H,20,23)(H,21,24). The number of nitro groups is 1. The number of carbonyl (C=O) groups is 2. The molecular weight excluding hydrogens is 421 g/mol. The van der Waals surface area contributed by atoms with Crippen LogP contribution in [0.3, 0.4) is 0 Å². The van der Waals surface area contributed by atoms with E-state index < -0.39 is 22.8 Å². The average molecular weight is 433 g/mol. The highest BCUT2D eigenvalue weighted by atomic mass is 35.5. The molecule has 0 bridgehead atoms. The number of carbonyl (C=O) groups excluding carboxylic acids is 2. The molecule has 2 aromatic carbocycles. The Hall–Kier alpha value is -2.55. The van der Waals surface area contributed by atoms with E-state index in [-0.39, 0.29) is 27.0 Å². The van der Waals surface area contributed by atoms with Crippen LogP contribution in [0.15, 0.2) is 36.4 Å². The van der Waals surface area contributed by atoms with Crippen molar-refractivity contribution in [3.63, 3.8) is 0 Å². The van der Waals surface area contributed by atoms with Crippen LogP contribution < -0.4 is 15.6 Å². The first-order chi connectivity index (χ1) is 12.7. The van der Waals surface area contributed by atoms with Gasteiger partial charge in [-0.1, -0.05) is 34.8 Å². The van der Waals surface area contributed by atoms with Gasteiger partial charge in [0, 0.05) is 17.2 Å². The number of hydrazine groups is 1. The smallest absolute Gasteiger partial charge is 0.279 e. The number of benzene rings is 2. The number of halogens is 3. The summed E-state index contributed by atoms with van der Waals surface area (Å²) in [4.78, 5) is 34.1. The molecule has 0 saturated carbocycles. The maximum absolute atomic E-state index is 12.1. The third-order valence-electron chi connectivity index (χ3n) is 3.27. The zero-order valence-corrected chi connectivity index (χ0v) is 15.9. The second-order valence-electron chi connectivity index (χ2n) is 5.20. The molecule has 0 heterocycles. The van der Waals surface area contributed by atoms with Crippen molar-refractivity contribution in [2.45, 2.75) is 13.0 Å². The molecule has 0 aliphatic rings. The van der Waals surface area contributed by atoms with Crippen molar-refractivity contribution in [3.8, 4) is 5.75 Å². The first-order valence-corrected chi connectivity index (χ1v) is 8.48. The fourth-order valence-electron chi connectivity index (χ4n) is 1.90. The second-order valence-corrected chi connectivity index (χ2v) is 6.45. The molecule has 0 radical (unpaired) electrons. The number of hydrogen-bond acceptors (Lipinski definition) is 5. The molecule has 1 atom stereocenters. The van der Waals surface area contributed by atoms with E-state index in [1.54, 1.807) is 6.07 Å². The minimum atomic E-state index is -0.990. The average Bonchev–Trinajstić information content (AvgIpc) is 2.61. The summed E-state index contributed by atoms with van der Waals surface area (Å²) in [6.07, 6.45) is -0.990. The van der Waals surface area contributed by atoms with E-state index in [0.29, 0.717) is 5.02 Å². The van der Waals surface area contributed by atoms with Crippen molar-refractivity contribution < 1.29 is 19.2 Å². The quantitative estimate of drug-likeness (QED) is 0.552. The van der Waals surface area contributed by atoms with Crippen LogP contribution in [0.4, 0.5) is 5.69 Å². The lowest BCUT2D eigenvalue weighted by atomic mass is 10.2. The van der Waals surface area contributed by atoms with Gasteiger partial charge in [0.15, 0.2) is 6.10 Å². The van der Waals surface area contributed by atoms with E-state index in [1.807, 2.05) is 0 Å². The van der Waals surface area contributed by atoms with Gasteiger partial charge in [-0.25, -0.2) is 0 Å². The molecule has 0 fully saturated rings. The van der Waals surface area contributed by atoms with Gasteiger partial charge in [-0.3, -0.25) is 30.6 Å². The fourth-order valence-corrected chi connectivity index (χ4v) is 2.62. The van der Waals surface area contributed by atoms with Crippen LogP contribution in [0.1, 0.15) is 17.3 Å². The zero-order valence-electron chi connectivity index (χ0n) is 13.7. The van der Waals surface area contributed by atoms with Crippen LogP contribution in [0.25, 0.3) is 0 Å². The summed E-state index contributed by atoms with van der Waals surface area (Å²) in [5.41, 5.74) is 4.02. The van der Waals surface area contributed by atoms with Crippen molar-refractivity contribution in [2.75, 3.05) is 0 Å². The molecule has 27 heavy (non-hydrogen) atoms. The van der Waals surface area contributed by atoms with Gasteiger partial charge in [0.05, 0.1) is 20.5 Å². The van der Waals surface area contributed by atoms with Crippen molar-refractivity contribution in [3.05, 3.63) is 67.1 Å². The number of nitro benzene ring substituents is 1. The zero-order chi connectivity index (χ0) is 20.1. The minimum absolute atomic E-state index is 0.0446. The molecule has 2 rings (SSSR count). The maximum atomic E-state index is 12.1. The molecule has 0 aliphatic carbocycles. The Labute approximate surface area is 168 Å². The molecule has 142 valence electrons. The molecule has 11 heteroatoms. The highest BCUT2D eigenvalue weighted by molar-refractivity contribution is 6.35. The molecule has 0 aromatic heterocycles. The topological polar surface area (TPSA) is 111 Å². The van der Waals surface area contributed by atoms with Gasteiger partial charge in [0.25, 0.3) is 17.5 Å². The Balaban J connectivity index is 1.96. The molecule has 2 amide bonds. The van der Waals surface area contributed by atoms with Gasteiger partial charge >= 0.3 is 0 Å². The third-order valence-corrected chi connectivity index (χ3v) is 4.12. The highest BCUT2D eigenvalue weighted by Crippen LogP contribution is 2.28. The number of hydrogen-bond donors (Lipinski definition) is 2.